The van der Waals surface area contributed by atoms with E-state index in [9.17, 15) is 4.79 Å². The van der Waals surface area contributed by atoms with Crippen molar-refractivity contribution in [3.63, 3.8) is 0 Å². The molecule has 206 valence electrons. The number of piperazine rings is 1. The molecule has 1 aliphatic rings. The van der Waals surface area contributed by atoms with Gasteiger partial charge in [-0.25, -0.2) is 18.7 Å². The van der Waals surface area contributed by atoms with Crippen LogP contribution in [0.25, 0.3) is 38.9 Å². The van der Waals surface area contributed by atoms with Crippen molar-refractivity contribution in [2.24, 2.45) is 0 Å². The average Bonchev–Trinajstić information content (AvgIpc) is 3.42. The number of aryl methyl sites for hydroxylation is 1. The van der Waals surface area contributed by atoms with Crippen LogP contribution in [-0.2, 0) is 0 Å². The maximum atomic E-state index is 15.4. The standard InChI is InChI=1S/C30H30ClFN6O2/c1-5-19-15-33-11-12-37(19)28-20-14-21(31)25(23-22(32)7-6-18-9-13-40-27(18)23)35-29(20)38(30(39)36-28)26-17(4)8-10-34-24(26)16(2)3/h6-10,13-14,16,19,33H,5,11-12,15H2,1-4H3/t19-/m0/s1. The number of fused-ring (bicyclic) bond motifs is 2. The van der Waals surface area contributed by atoms with Crippen LogP contribution in [0.3, 0.4) is 0 Å². The fraction of sp³-hybridized carbons (Fsp3) is 0.333. The van der Waals surface area contributed by atoms with Gasteiger partial charge in [0.2, 0.25) is 0 Å². The van der Waals surface area contributed by atoms with Gasteiger partial charge in [-0.15, -0.1) is 0 Å². The van der Waals surface area contributed by atoms with Gasteiger partial charge in [-0.2, -0.15) is 4.98 Å². The molecule has 0 aliphatic carbocycles. The Kier molecular flexibility index (Phi) is 6.80. The molecular formula is C30H30ClFN6O2. The maximum absolute atomic E-state index is 15.4. The number of pyridine rings is 2. The molecule has 0 unspecified atom stereocenters. The van der Waals surface area contributed by atoms with Crippen molar-refractivity contribution in [1.82, 2.24) is 24.8 Å². The van der Waals surface area contributed by atoms with Crippen LogP contribution in [-0.4, -0.2) is 45.2 Å². The summed E-state index contributed by atoms with van der Waals surface area (Å²) in [4.78, 5) is 30.3. The first-order valence-electron chi connectivity index (χ1n) is 13.5. The molecule has 6 rings (SSSR count). The quantitative estimate of drug-likeness (QED) is 0.282. The van der Waals surface area contributed by atoms with Gasteiger partial charge in [0.25, 0.3) is 0 Å². The summed E-state index contributed by atoms with van der Waals surface area (Å²) in [5.74, 6) is 0.0260. The second-order valence-electron chi connectivity index (χ2n) is 10.5. The van der Waals surface area contributed by atoms with Crippen LogP contribution in [0.5, 0.6) is 0 Å². The zero-order valence-electron chi connectivity index (χ0n) is 22.8. The van der Waals surface area contributed by atoms with E-state index in [-0.39, 0.29) is 28.2 Å². The molecule has 0 bridgehead atoms. The third kappa shape index (κ3) is 4.24. The minimum absolute atomic E-state index is 0.0234. The van der Waals surface area contributed by atoms with Crippen LogP contribution < -0.4 is 15.9 Å². The number of benzene rings is 1. The Labute approximate surface area is 235 Å². The van der Waals surface area contributed by atoms with E-state index in [1.165, 1.54) is 16.9 Å². The Balaban J connectivity index is 1.74. The molecule has 1 fully saturated rings. The van der Waals surface area contributed by atoms with Crippen molar-refractivity contribution in [2.75, 3.05) is 24.5 Å². The van der Waals surface area contributed by atoms with E-state index >= 15 is 4.39 Å². The number of anilines is 1. The summed E-state index contributed by atoms with van der Waals surface area (Å²) in [6.45, 7) is 10.3. The molecule has 40 heavy (non-hydrogen) atoms. The average molecular weight is 561 g/mol. The van der Waals surface area contributed by atoms with Crippen LogP contribution in [0.2, 0.25) is 5.02 Å². The molecule has 0 saturated carbocycles. The normalized spacial score (nSPS) is 16.0. The van der Waals surface area contributed by atoms with Gasteiger partial charge >= 0.3 is 5.69 Å². The summed E-state index contributed by atoms with van der Waals surface area (Å²) < 4.78 is 22.6. The van der Waals surface area contributed by atoms with Gasteiger partial charge in [0, 0.05) is 37.3 Å². The van der Waals surface area contributed by atoms with E-state index in [2.05, 4.69) is 27.1 Å². The van der Waals surface area contributed by atoms with Crippen molar-refractivity contribution < 1.29 is 8.81 Å². The highest BCUT2D eigenvalue weighted by molar-refractivity contribution is 6.34. The fourth-order valence-corrected chi connectivity index (χ4v) is 5.87. The van der Waals surface area contributed by atoms with Gasteiger partial charge < -0.3 is 14.6 Å². The number of halogens is 2. The zero-order chi connectivity index (χ0) is 28.1. The molecule has 10 heteroatoms. The third-order valence-electron chi connectivity index (χ3n) is 7.63. The first-order chi connectivity index (χ1) is 19.3. The second-order valence-corrected chi connectivity index (χ2v) is 10.9. The largest absolute Gasteiger partial charge is 0.464 e. The smallest absolute Gasteiger partial charge is 0.355 e. The van der Waals surface area contributed by atoms with Crippen LogP contribution in [0.15, 0.2) is 52.0 Å². The SMILES string of the molecule is CC[C@H]1CNCCN1c1nc(=O)n(-c2c(C)ccnc2C(C)C)c2nc(-c3c(F)ccc4ccoc34)c(Cl)cc12. The Morgan fingerprint density at radius 3 is 2.83 bits per heavy atom. The second kappa shape index (κ2) is 10.3. The molecule has 5 heterocycles. The molecule has 5 aromatic rings. The summed E-state index contributed by atoms with van der Waals surface area (Å²) in [5.41, 5.74) is 2.74. The molecule has 1 atom stereocenters. The van der Waals surface area contributed by atoms with Gasteiger partial charge in [-0.3, -0.25) is 4.98 Å². The number of aromatic nitrogens is 4. The highest BCUT2D eigenvalue weighted by atomic mass is 35.5. The highest BCUT2D eigenvalue weighted by Crippen LogP contribution is 2.39. The number of nitrogens with one attached hydrogen (secondary N) is 1. The molecule has 0 radical (unpaired) electrons. The summed E-state index contributed by atoms with van der Waals surface area (Å²) in [6.07, 6.45) is 4.10. The minimum Gasteiger partial charge on any atom is -0.464 e. The first-order valence-corrected chi connectivity index (χ1v) is 13.9. The van der Waals surface area contributed by atoms with Gasteiger partial charge in [0.1, 0.15) is 17.2 Å². The zero-order valence-corrected chi connectivity index (χ0v) is 23.6. The molecule has 8 nitrogen and oxygen atoms in total. The Hall–Kier alpha value is -3.82. The van der Waals surface area contributed by atoms with E-state index in [0.717, 1.165) is 36.2 Å². The number of nitrogens with zero attached hydrogens (tertiary/aromatic N) is 5. The maximum Gasteiger partial charge on any atom is 0.355 e. The van der Waals surface area contributed by atoms with Crippen molar-refractivity contribution in [3.05, 3.63) is 75.4 Å². The lowest BCUT2D eigenvalue weighted by molar-refractivity contribution is 0.463. The van der Waals surface area contributed by atoms with Crippen LogP contribution >= 0.6 is 11.6 Å². The molecule has 1 aromatic carbocycles. The molecular weight excluding hydrogens is 531 g/mol. The van der Waals surface area contributed by atoms with Gasteiger partial charge in [-0.1, -0.05) is 32.4 Å². The predicted octanol–water partition coefficient (Wildman–Crippen LogP) is 6.00. The lowest BCUT2D eigenvalue weighted by atomic mass is 10.0. The predicted molar refractivity (Wildman–Crippen MR) is 156 cm³/mol. The topological polar surface area (TPSA) is 89.1 Å². The van der Waals surface area contributed by atoms with Crippen molar-refractivity contribution in [2.45, 2.75) is 46.1 Å². The Morgan fingerprint density at radius 2 is 2.05 bits per heavy atom. The van der Waals surface area contributed by atoms with E-state index in [1.807, 2.05) is 26.8 Å². The number of rotatable bonds is 5. The molecule has 4 aromatic heterocycles. The summed E-state index contributed by atoms with van der Waals surface area (Å²) in [6, 6.07) is 8.52. The van der Waals surface area contributed by atoms with Gasteiger partial charge in [-0.05, 0) is 55.2 Å². The van der Waals surface area contributed by atoms with Crippen molar-refractivity contribution >= 4 is 39.4 Å². The van der Waals surface area contributed by atoms with E-state index in [0.29, 0.717) is 34.7 Å². The molecule has 1 N–H and O–H groups in total. The van der Waals surface area contributed by atoms with Gasteiger partial charge in [0.15, 0.2) is 5.65 Å². The summed E-state index contributed by atoms with van der Waals surface area (Å²) in [7, 11) is 0. The summed E-state index contributed by atoms with van der Waals surface area (Å²) >= 11 is 6.88. The van der Waals surface area contributed by atoms with Crippen molar-refractivity contribution in [1.29, 1.82) is 0 Å². The van der Waals surface area contributed by atoms with E-state index in [4.69, 9.17) is 21.0 Å². The lowest BCUT2D eigenvalue weighted by Crippen LogP contribution is -2.52. The number of hydrogen-bond acceptors (Lipinski definition) is 7. The lowest BCUT2D eigenvalue weighted by Gasteiger charge is -2.37. The minimum atomic E-state index is -0.520. The number of hydrogen-bond donors (Lipinski definition) is 1. The van der Waals surface area contributed by atoms with Crippen molar-refractivity contribution in [3.8, 4) is 16.9 Å². The Bertz CT molecular complexity index is 1810. The molecule has 0 spiro atoms. The summed E-state index contributed by atoms with van der Waals surface area (Å²) in [5, 5.41) is 4.99. The monoisotopic (exact) mass is 560 g/mol. The Morgan fingerprint density at radius 1 is 1.23 bits per heavy atom. The van der Waals surface area contributed by atoms with E-state index < -0.39 is 11.5 Å². The molecule has 1 saturated heterocycles. The molecule has 1 aliphatic heterocycles. The van der Waals surface area contributed by atoms with Gasteiger partial charge in [0.05, 0.1) is 39.3 Å². The highest BCUT2D eigenvalue weighted by Gasteiger charge is 2.29. The van der Waals surface area contributed by atoms with Crippen LogP contribution in [0.1, 0.15) is 44.4 Å². The number of furan rings is 1. The third-order valence-corrected chi connectivity index (χ3v) is 7.92. The van der Waals surface area contributed by atoms with Crippen LogP contribution in [0, 0.1) is 12.7 Å². The van der Waals surface area contributed by atoms with E-state index in [1.54, 1.807) is 24.4 Å². The van der Waals surface area contributed by atoms with Crippen LogP contribution in [0.4, 0.5) is 10.2 Å². The fourth-order valence-electron chi connectivity index (χ4n) is 5.62. The first kappa shape index (κ1) is 26.4. The molecule has 0 amide bonds.